The maximum atomic E-state index is 4.71. The van der Waals surface area contributed by atoms with Crippen LogP contribution in [0.2, 0.25) is 0 Å². The topological polar surface area (TPSA) is 28.0 Å². The molecule has 0 fully saturated rings. The van der Waals surface area contributed by atoms with Crippen LogP contribution in [0.3, 0.4) is 0 Å². The Morgan fingerprint density at radius 1 is 1.44 bits per heavy atom. The van der Waals surface area contributed by atoms with Crippen molar-refractivity contribution in [2.45, 2.75) is 13.3 Å². The van der Waals surface area contributed by atoms with Crippen LogP contribution in [0.1, 0.15) is 18.9 Å². The van der Waals surface area contributed by atoms with Gasteiger partial charge in [0.2, 0.25) is 0 Å². The van der Waals surface area contributed by atoms with E-state index in [9.17, 15) is 0 Å². The Balaban J connectivity index is 2.21. The Kier molecular flexibility index (Phi) is 2.46. The van der Waals surface area contributed by atoms with E-state index in [4.69, 9.17) is 4.99 Å². The summed E-state index contributed by atoms with van der Waals surface area (Å²) >= 11 is 2.33. The smallest absolute Gasteiger partial charge is 0.138 e. The molecule has 0 radical (unpaired) electrons. The molecule has 0 bridgehead atoms. The van der Waals surface area contributed by atoms with Crippen molar-refractivity contribution in [3.05, 3.63) is 27.3 Å². The van der Waals surface area contributed by atoms with Crippen molar-refractivity contribution in [1.29, 1.82) is 0 Å². The van der Waals surface area contributed by atoms with Crippen molar-refractivity contribution in [2.24, 2.45) is 9.98 Å². The molecule has 0 aliphatic carbocycles. The van der Waals surface area contributed by atoms with Crippen LogP contribution in [-0.2, 0) is 0 Å². The molecule has 82 valence electrons. The highest BCUT2D eigenvalue weighted by atomic mass is 127. The molecule has 0 saturated heterocycles. The quantitative estimate of drug-likeness (QED) is 0.730. The lowest BCUT2D eigenvalue weighted by Crippen LogP contribution is -2.36. The number of nitrogens with zero attached hydrogens (tertiary/aromatic N) is 3. The fourth-order valence-electron chi connectivity index (χ4n) is 2.18. The summed E-state index contributed by atoms with van der Waals surface area (Å²) in [5.41, 5.74) is 2.25. The van der Waals surface area contributed by atoms with E-state index < -0.39 is 0 Å². The summed E-state index contributed by atoms with van der Waals surface area (Å²) in [5.74, 6) is 2.25. The lowest BCUT2D eigenvalue weighted by molar-refractivity contribution is 0.646. The van der Waals surface area contributed by atoms with E-state index >= 15 is 0 Å². The zero-order valence-electron chi connectivity index (χ0n) is 9.07. The first-order valence-electron chi connectivity index (χ1n) is 5.49. The highest BCUT2D eigenvalue weighted by molar-refractivity contribution is 14.1. The Bertz CT molecular complexity index is 505. The fourth-order valence-corrected chi connectivity index (χ4v) is 2.67. The Morgan fingerprint density at radius 3 is 3.12 bits per heavy atom. The van der Waals surface area contributed by atoms with Gasteiger partial charge in [0.15, 0.2) is 0 Å². The average molecular weight is 325 g/mol. The first-order chi connectivity index (χ1) is 7.79. The van der Waals surface area contributed by atoms with Gasteiger partial charge in [0.25, 0.3) is 0 Å². The van der Waals surface area contributed by atoms with E-state index in [0.29, 0.717) is 0 Å². The molecule has 2 aliphatic heterocycles. The van der Waals surface area contributed by atoms with E-state index in [1.807, 2.05) is 0 Å². The third-order valence-corrected chi connectivity index (χ3v) is 3.59. The van der Waals surface area contributed by atoms with Crippen molar-refractivity contribution in [3.8, 4) is 0 Å². The second-order valence-corrected chi connectivity index (χ2v) is 5.15. The van der Waals surface area contributed by atoms with Gasteiger partial charge in [-0.25, -0.2) is 4.99 Å². The van der Waals surface area contributed by atoms with E-state index in [1.165, 1.54) is 9.13 Å². The minimum atomic E-state index is 0.888. The lowest BCUT2D eigenvalue weighted by Gasteiger charge is -2.27. The van der Waals surface area contributed by atoms with Gasteiger partial charge in [-0.15, -0.1) is 0 Å². The summed E-state index contributed by atoms with van der Waals surface area (Å²) in [7, 11) is 0. The van der Waals surface area contributed by atoms with Crippen LogP contribution < -0.4 is 0 Å². The molecule has 0 saturated carbocycles. The third kappa shape index (κ3) is 1.47. The summed E-state index contributed by atoms with van der Waals surface area (Å²) in [6.45, 7) is 4.01. The molecule has 3 rings (SSSR count). The molecule has 0 amide bonds. The van der Waals surface area contributed by atoms with E-state index in [1.54, 1.807) is 0 Å². The summed E-state index contributed by atoms with van der Waals surface area (Å²) in [5, 5.41) is 0. The molecule has 0 atom stereocenters. The van der Waals surface area contributed by atoms with Crippen molar-refractivity contribution in [1.82, 2.24) is 4.90 Å². The van der Waals surface area contributed by atoms with Crippen molar-refractivity contribution in [2.75, 3.05) is 13.1 Å². The summed E-state index contributed by atoms with van der Waals surface area (Å²) in [4.78, 5) is 11.6. The molecule has 3 nitrogen and oxygen atoms in total. The van der Waals surface area contributed by atoms with Crippen molar-refractivity contribution < 1.29 is 0 Å². The number of halogens is 1. The highest BCUT2D eigenvalue weighted by Crippen LogP contribution is 2.30. The number of aliphatic imine (C=N–C) groups is 2. The van der Waals surface area contributed by atoms with Gasteiger partial charge in [-0.1, -0.05) is 6.92 Å². The molecule has 1 aromatic rings. The van der Waals surface area contributed by atoms with Crippen LogP contribution in [0.5, 0.6) is 0 Å². The number of amidine groups is 2. The summed E-state index contributed by atoms with van der Waals surface area (Å²) < 4.78 is 1.24. The summed E-state index contributed by atoms with van der Waals surface area (Å²) in [6, 6.07) is 6.36. The maximum absolute atomic E-state index is 4.71. The largest absolute Gasteiger partial charge is 0.312 e. The van der Waals surface area contributed by atoms with Crippen LogP contribution in [0, 0.1) is 3.57 Å². The first kappa shape index (κ1) is 10.3. The number of rotatable bonds is 1. The number of fused-ring (bicyclic) bond motifs is 3. The molecule has 2 heterocycles. The van der Waals surface area contributed by atoms with E-state index in [2.05, 4.69) is 57.6 Å². The predicted octanol–water partition coefficient (Wildman–Crippen LogP) is 2.81. The minimum Gasteiger partial charge on any atom is -0.312 e. The average Bonchev–Trinajstić information content (AvgIpc) is 2.77. The fraction of sp³-hybridized carbons (Fsp3) is 0.333. The van der Waals surface area contributed by atoms with Crippen LogP contribution in [-0.4, -0.2) is 29.7 Å². The second kappa shape index (κ2) is 3.84. The molecule has 4 heteroatoms. The van der Waals surface area contributed by atoms with Gasteiger partial charge in [-0.05, 0) is 40.8 Å². The third-order valence-electron chi connectivity index (χ3n) is 2.92. The van der Waals surface area contributed by atoms with Gasteiger partial charge in [-0.2, -0.15) is 0 Å². The van der Waals surface area contributed by atoms with Gasteiger partial charge >= 0.3 is 0 Å². The van der Waals surface area contributed by atoms with Crippen LogP contribution in [0.25, 0.3) is 0 Å². The molecule has 1 aromatic carbocycles. The van der Waals surface area contributed by atoms with Crippen LogP contribution in [0.4, 0.5) is 5.69 Å². The molecule has 16 heavy (non-hydrogen) atoms. The number of hydrogen-bond acceptors (Lipinski definition) is 3. The van der Waals surface area contributed by atoms with Crippen molar-refractivity contribution in [3.63, 3.8) is 0 Å². The van der Waals surface area contributed by atoms with E-state index in [-0.39, 0.29) is 0 Å². The predicted molar refractivity (Wildman–Crippen MR) is 74.7 cm³/mol. The van der Waals surface area contributed by atoms with Crippen molar-refractivity contribution >= 4 is 39.9 Å². The standard InChI is InChI=1S/C12H12IN3/c1-2-11-15-10-4-3-8(13)7-9(10)12-14-5-6-16(11)12/h3-4,7H,2,5-6H2,1H3. The molecule has 2 aliphatic rings. The lowest BCUT2D eigenvalue weighted by atomic mass is 10.1. The molecular weight excluding hydrogens is 313 g/mol. The van der Waals surface area contributed by atoms with Gasteiger partial charge in [-0.3, -0.25) is 4.99 Å². The maximum Gasteiger partial charge on any atom is 0.138 e. The Hall–Kier alpha value is -0.910. The number of benzene rings is 1. The monoisotopic (exact) mass is 325 g/mol. The van der Waals surface area contributed by atoms with Gasteiger partial charge in [0.1, 0.15) is 11.7 Å². The van der Waals surface area contributed by atoms with E-state index in [0.717, 1.165) is 36.9 Å². The van der Waals surface area contributed by atoms with Gasteiger partial charge in [0, 0.05) is 22.1 Å². The molecule has 0 unspecified atom stereocenters. The van der Waals surface area contributed by atoms with Crippen LogP contribution in [0.15, 0.2) is 28.2 Å². The minimum absolute atomic E-state index is 0.888. The van der Waals surface area contributed by atoms with Gasteiger partial charge in [0.05, 0.1) is 12.2 Å². The normalized spacial score (nSPS) is 17.8. The zero-order valence-corrected chi connectivity index (χ0v) is 11.2. The number of hydrogen-bond donors (Lipinski definition) is 0. The Morgan fingerprint density at radius 2 is 2.31 bits per heavy atom. The second-order valence-electron chi connectivity index (χ2n) is 3.90. The molecule has 0 spiro atoms. The zero-order chi connectivity index (χ0) is 11.1. The highest BCUT2D eigenvalue weighted by Gasteiger charge is 2.28. The molecule has 0 N–H and O–H groups in total. The SMILES string of the molecule is CCC1=Nc2ccc(I)cc2C2=NCCN12. The van der Waals surface area contributed by atoms with Gasteiger partial charge < -0.3 is 4.90 Å². The molecule has 0 aromatic heterocycles. The molecular formula is C12H12IN3. The summed E-state index contributed by atoms with van der Waals surface area (Å²) in [6.07, 6.45) is 0.963. The Labute approximate surface area is 108 Å². The van der Waals surface area contributed by atoms with Crippen LogP contribution >= 0.6 is 22.6 Å². The first-order valence-corrected chi connectivity index (χ1v) is 6.57.